The van der Waals surface area contributed by atoms with Crippen LogP contribution < -0.4 is 15.5 Å². The van der Waals surface area contributed by atoms with Gasteiger partial charge in [0.2, 0.25) is 11.8 Å². The number of anilines is 3. The first kappa shape index (κ1) is 23.3. The fourth-order valence-electron chi connectivity index (χ4n) is 4.12. The molecule has 2 aromatic rings. The summed E-state index contributed by atoms with van der Waals surface area (Å²) < 4.78 is 5.40. The Hall–Kier alpha value is -2.90. The van der Waals surface area contributed by atoms with Gasteiger partial charge in [0.05, 0.1) is 19.8 Å². The largest absolute Gasteiger partial charge is 0.378 e. The smallest absolute Gasteiger partial charge is 0.238 e. The first-order valence-electron chi connectivity index (χ1n) is 11.8. The van der Waals surface area contributed by atoms with Crippen molar-refractivity contribution < 1.29 is 14.3 Å². The summed E-state index contributed by atoms with van der Waals surface area (Å²) in [6.45, 7) is 8.16. The number of carbonyl (C=O) groups excluding carboxylic acids is 2. The molecule has 2 aromatic carbocycles. The number of morpholine rings is 1. The maximum atomic E-state index is 12.7. The molecule has 0 atom stereocenters. The van der Waals surface area contributed by atoms with E-state index in [1.54, 1.807) is 0 Å². The van der Waals surface area contributed by atoms with E-state index < -0.39 is 0 Å². The van der Waals surface area contributed by atoms with Gasteiger partial charge in [-0.3, -0.25) is 14.5 Å². The second-order valence-electron chi connectivity index (χ2n) is 9.01. The minimum absolute atomic E-state index is 0.0327. The fraction of sp³-hybridized carbons (Fsp3) is 0.462. The Morgan fingerprint density at radius 3 is 2.42 bits per heavy atom. The Labute approximate surface area is 196 Å². The van der Waals surface area contributed by atoms with E-state index >= 15 is 0 Å². The van der Waals surface area contributed by atoms with Crippen molar-refractivity contribution in [2.45, 2.75) is 39.2 Å². The molecule has 2 N–H and O–H groups in total. The summed E-state index contributed by atoms with van der Waals surface area (Å²) in [5.74, 6) is -0.0654. The van der Waals surface area contributed by atoms with E-state index in [1.165, 1.54) is 0 Å². The van der Waals surface area contributed by atoms with E-state index in [4.69, 9.17) is 4.74 Å². The maximum absolute atomic E-state index is 12.7. The Morgan fingerprint density at radius 2 is 1.73 bits per heavy atom. The van der Waals surface area contributed by atoms with Crippen molar-refractivity contribution in [1.82, 2.24) is 4.90 Å². The Balaban J connectivity index is 1.25. The molecule has 0 bridgehead atoms. The lowest BCUT2D eigenvalue weighted by atomic mass is 10.1. The summed E-state index contributed by atoms with van der Waals surface area (Å²) in [4.78, 5) is 29.6. The van der Waals surface area contributed by atoms with Crippen LogP contribution in [-0.2, 0) is 14.3 Å². The Morgan fingerprint density at radius 1 is 1.00 bits per heavy atom. The molecule has 0 radical (unpaired) electrons. The predicted octanol–water partition coefficient (Wildman–Crippen LogP) is 3.57. The van der Waals surface area contributed by atoms with Crippen LogP contribution in [0.25, 0.3) is 0 Å². The third-order valence-corrected chi connectivity index (χ3v) is 6.23. The van der Waals surface area contributed by atoms with Crippen LogP contribution in [0.5, 0.6) is 0 Å². The number of carbonyl (C=O) groups is 2. The molecule has 2 amide bonds. The van der Waals surface area contributed by atoms with E-state index in [0.717, 1.165) is 67.3 Å². The molecule has 7 nitrogen and oxygen atoms in total. The quantitative estimate of drug-likeness (QED) is 0.611. The van der Waals surface area contributed by atoms with Gasteiger partial charge in [-0.25, -0.2) is 0 Å². The van der Waals surface area contributed by atoms with Crippen molar-refractivity contribution in [3.05, 3.63) is 53.6 Å². The van der Waals surface area contributed by atoms with E-state index in [9.17, 15) is 9.59 Å². The van der Waals surface area contributed by atoms with Gasteiger partial charge in [-0.05, 0) is 68.1 Å². The molecular weight excluding hydrogens is 416 g/mol. The lowest BCUT2D eigenvalue weighted by Gasteiger charge is -2.28. The third kappa shape index (κ3) is 6.79. The van der Waals surface area contributed by atoms with E-state index in [-0.39, 0.29) is 11.8 Å². The molecule has 33 heavy (non-hydrogen) atoms. The van der Waals surface area contributed by atoms with Crippen LogP contribution >= 0.6 is 0 Å². The Bertz CT molecular complexity index is 966. The topological polar surface area (TPSA) is 73.9 Å². The van der Waals surface area contributed by atoms with Crippen LogP contribution in [0.15, 0.2) is 42.5 Å². The van der Waals surface area contributed by atoms with Gasteiger partial charge in [-0.15, -0.1) is 0 Å². The molecular formula is C26H34N4O3. The average molecular weight is 451 g/mol. The van der Waals surface area contributed by atoms with Gasteiger partial charge in [0.25, 0.3) is 0 Å². The summed E-state index contributed by atoms with van der Waals surface area (Å²) in [5.41, 5.74) is 4.96. The number of hydrogen-bond donors (Lipinski definition) is 2. The second kappa shape index (κ2) is 10.8. The molecule has 1 saturated carbocycles. The van der Waals surface area contributed by atoms with Gasteiger partial charge in [-0.1, -0.05) is 12.1 Å². The van der Waals surface area contributed by atoms with Crippen molar-refractivity contribution in [3.63, 3.8) is 0 Å². The lowest BCUT2D eigenvalue weighted by Crippen LogP contribution is -2.37. The van der Waals surface area contributed by atoms with Crippen LogP contribution in [0.4, 0.5) is 17.1 Å². The molecule has 2 aliphatic rings. The van der Waals surface area contributed by atoms with Crippen molar-refractivity contribution in [1.29, 1.82) is 0 Å². The number of aryl methyl sites for hydroxylation is 2. The van der Waals surface area contributed by atoms with Gasteiger partial charge >= 0.3 is 0 Å². The van der Waals surface area contributed by atoms with Crippen molar-refractivity contribution in [2.75, 3.05) is 54.9 Å². The zero-order chi connectivity index (χ0) is 23.2. The zero-order valence-electron chi connectivity index (χ0n) is 19.6. The SMILES string of the molecule is Cc1ccc(C)c(NC(=O)CN(CCC(=O)Nc2ccc(N3CCOCC3)cc2)C2CC2)c1. The normalized spacial score (nSPS) is 16.0. The fourth-order valence-corrected chi connectivity index (χ4v) is 4.12. The summed E-state index contributed by atoms with van der Waals surface area (Å²) in [5, 5.41) is 6.02. The summed E-state index contributed by atoms with van der Waals surface area (Å²) in [7, 11) is 0. The summed E-state index contributed by atoms with van der Waals surface area (Å²) in [6.07, 6.45) is 2.53. The minimum atomic E-state index is -0.0327. The van der Waals surface area contributed by atoms with Crippen LogP contribution in [0.3, 0.4) is 0 Å². The minimum Gasteiger partial charge on any atom is -0.378 e. The van der Waals surface area contributed by atoms with Crippen LogP contribution in [-0.4, -0.2) is 62.1 Å². The molecule has 1 heterocycles. The summed E-state index contributed by atoms with van der Waals surface area (Å²) in [6, 6.07) is 14.4. The molecule has 7 heteroatoms. The highest BCUT2D eigenvalue weighted by Crippen LogP contribution is 2.27. The van der Waals surface area contributed by atoms with Crippen LogP contribution in [0.1, 0.15) is 30.4 Å². The van der Waals surface area contributed by atoms with Gasteiger partial charge in [0, 0.05) is 49.2 Å². The van der Waals surface area contributed by atoms with Crippen molar-refractivity contribution >= 4 is 28.9 Å². The van der Waals surface area contributed by atoms with Gasteiger partial charge < -0.3 is 20.3 Å². The summed E-state index contributed by atoms with van der Waals surface area (Å²) >= 11 is 0. The van der Waals surface area contributed by atoms with E-state index in [2.05, 4.69) is 20.4 Å². The molecule has 0 unspecified atom stereocenters. The lowest BCUT2D eigenvalue weighted by molar-refractivity contribution is -0.119. The van der Waals surface area contributed by atoms with Gasteiger partial charge in [0.1, 0.15) is 0 Å². The highest BCUT2D eigenvalue weighted by atomic mass is 16.5. The second-order valence-corrected chi connectivity index (χ2v) is 9.01. The number of ether oxygens (including phenoxy) is 1. The molecule has 2 fully saturated rings. The highest BCUT2D eigenvalue weighted by Gasteiger charge is 2.30. The van der Waals surface area contributed by atoms with Gasteiger partial charge in [0.15, 0.2) is 0 Å². The van der Waals surface area contributed by atoms with E-state index in [0.29, 0.717) is 25.6 Å². The number of nitrogens with one attached hydrogen (secondary N) is 2. The van der Waals surface area contributed by atoms with Crippen molar-refractivity contribution in [3.8, 4) is 0 Å². The molecule has 0 spiro atoms. The average Bonchev–Trinajstić information content (AvgIpc) is 3.66. The number of amides is 2. The van der Waals surface area contributed by atoms with Crippen molar-refractivity contribution in [2.24, 2.45) is 0 Å². The monoisotopic (exact) mass is 450 g/mol. The zero-order valence-corrected chi connectivity index (χ0v) is 19.6. The number of nitrogens with zero attached hydrogens (tertiary/aromatic N) is 2. The maximum Gasteiger partial charge on any atom is 0.238 e. The molecule has 1 saturated heterocycles. The predicted molar refractivity (Wildman–Crippen MR) is 132 cm³/mol. The Kier molecular flexibility index (Phi) is 7.62. The number of hydrogen-bond acceptors (Lipinski definition) is 5. The molecule has 1 aliphatic heterocycles. The highest BCUT2D eigenvalue weighted by molar-refractivity contribution is 5.93. The van der Waals surface area contributed by atoms with Gasteiger partial charge in [-0.2, -0.15) is 0 Å². The first-order valence-corrected chi connectivity index (χ1v) is 11.8. The molecule has 0 aromatic heterocycles. The van der Waals surface area contributed by atoms with Crippen LogP contribution in [0, 0.1) is 13.8 Å². The standard InChI is InChI=1S/C26H34N4O3/c1-19-3-4-20(2)24(17-19)28-26(32)18-30(23-9-10-23)12-11-25(31)27-21-5-7-22(8-6-21)29-13-15-33-16-14-29/h3-8,17,23H,9-16,18H2,1-2H3,(H,27,31)(H,28,32). The van der Waals surface area contributed by atoms with E-state index in [1.807, 2.05) is 56.3 Å². The van der Waals surface area contributed by atoms with Crippen LogP contribution in [0.2, 0.25) is 0 Å². The molecule has 4 rings (SSSR count). The molecule has 1 aliphatic carbocycles. The third-order valence-electron chi connectivity index (χ3n) is 6.23. The number of rotatable bonds is 9. The first-order chi connectivity index (χ1) is 16.0. The molecule has 176 valence electrons. The number of benzene rings is 2.